The third-order valence-corrected chi connectivity index (χ3v) is 4.64. The fourth-order valence-electron chi connectivity index (χ4n) is 3.37. The van der Waals surface area contributed by atoms with Crippen LogP contribution in [0, 0.1) is 0 Å². The van der Waals surface area contributed by atoms with Crippen molar-refractivity contribution < 1.29 is 9.53 Å². The van der Waals surface area contributed by atoms with Crippen LogP contribution in [0.25, 0.3) is 0 Å². The Hall–Kier alpha value is -2.24. The molecule has 1 saturated heterocycles. The van der Waals surface area contributed by atoms with Gasteiger partial charge >= 0.3 is 0 Å². The second-order valence-corrected chi connectivity index (χ2v) is 6.64. The molecule has 0 saturated carbocycles. The molecule has 0 bridgehead atoms. The number of likely N-dealkylation sites (N-methyl/N-ethyl adjacent to an activating group) is 1. The summed E-state index contributed by atoms with van der Waals surface area (Å²) in [5, 5.41) is 3.29. The van der Waals surface area contributed by atoms with Crippen LogP contribution in [-0.2, 0) is 21.6 Å². The average molecular weight is 339 g/mol. The summed E-state index contributed by atoms with van der Waals surface area (Å²) < 4.78 is 5.52. The van der Waals surface area contributed by atoms with Crippen LogP contribution in [0.15, 0.2) is 54.9 Å². The van der Waals surface area contributed by atoms with E-state index in [4.69, 9.17) is 4.74 Å². The second-order valence-electron chi connectivity index (χ2n) is 6.64. The molecule has 1 aliphatic heterocycles. The fraction of sp³-hybridized carbons (Fsp3) is 0.400. The van der Waals surface area contributed by atoms with Crippen LogP contribution in [0.4, 0.5) is 0 Å². The van der Waals surface area contributed by atoms with E-state index in [1.807, 2.05) is 48.5 Å². The minimum absolute atomic E-state index is 0.0390. The largest absolute Gasteiger partial charge is 0.381 e. The van der Waals surface area contributed by atoms with Crippen LogP contribution in [-0.4, -0.2) is 42.6 Å². The number of pyridine rings is 1. The standard InChI is InChI=1S/C20H25N3O2/c1-23(15-17-6-5-11-21-14-17)16-19(24)22-20(9-12-25-13-10-20)18-7-3-2-4-8-18/h2-8,11,14H,9-10,12-13,15-16H2,1H3,(H,22,24). The predicted octanol–water partition coefficient (Wildman–Crippen LogP) is 2.34. The van der Waals surface area contributed by atoms with Gasteiger partial charge in [-0.2, -0.15) is 0 Å². The van der Waals surface area contributed by atoms with E-state index in [0.29, 0.717) is 26.3 Å². The van der Waals surface area contributed by atoms with Crippen molar-refractivity contribution in [2.24, 2.45) is 0 Å². The van der Waals surface area contributed by atoms with Gasteiger partial charge in [0.05, 0.1) is 12.1 Å². The zero-order valence-corrected chi connectivity index (χ0v) is 14.6. The molecule has 0 radical (unpaired) electrons. The monoisotopic (exact) mass is 339 g/mol. The zero-order valence-electron chi connectivity index (χ0n) is 14.6. The molecule has 1 aromatic carbocycles. The third kappa shape index (κ3) is 4.65. The minimum Gasteiger partial charge on any atom is -0.381 e. The normalized spacial score (nSPS) is 16.6. The molecule has 2 aromatic rings. The Morgan fingerprint density at radius 1 is 1.20 bits per heavy atom. The molecule has 0 aliphatic carbocycles. The molecule has 1 aliphatic rings. The number of rotatable bonds is 6. The Labute approximate surface area is 149 Å². The smallest absolute Gasteiger partial charge is 0.234 e. The molecule has 3 rings (SSSR count). The van der Waals surface area contributed by atoms with Gasteiger partial charge in [-0.25, -0.2) is 0 Å². The summed E-state index contributed by atoms with van der Waals surface area (Å²) in [7, 11) is 1.95. The van der Waals surface area contributed by atoms with Gasteiger partial charge in [-0.15, -0.1) is 0 Å². The van der Waals surface area contributed by atoms with Gasteiger partial charge in [0.2, 0.25) is 5.91 Å². The Bertz CT molecular complexity index is 670. The number of carbonyl (C=O) groups excluding carboxylic acids is 1. The van der Waals surface area contributed by atoms with E-state index in [1.54, 1.807) is 6.20 Å². The number of hydrogen-bond acceptors (Lipinski definition) is 4. The molecule has 0 unspecified atom stereocenters. The van der Waals surface area contributed by atoms with Gasteiger partial charge in [-0.05, 0) is 37.1 Å². The van der Waals surface area contributed by atoms with Crippen molar-refractivity contribution in [3.8, 4) is 0 Å². The molecule has 2 heterocycles. The van der Waals surface area contributed by atoms with E-state index in [2.05, 4.69) is 22.4 Å². The maximum absolute atomic E-state index is 12.7. The Balaban J connectivity index is 1.64. The molecule has 5 heteroatoms. The van der Waals surface area contributed by atoms with Gasteiger partial charge in [-0.3, -0.25) is 14.7 Å². The molecule has 1 N–H and O–H groups in total. The number of nitrogens with one attached hydrogen (secondary N) is 1. The minimum atomic E-state index is -0.328. The lowest BCUT2D eigenvalue weighted by Gasteiger charge is -2.39. The molecular formula is C20H25N3O2. The molecule has 0 spiro atoms. The van der Waals surface area contributed by atoms with Gasteiger partial charge in [0.1, 0.15) is 0 Å². The highest BCUT2D eigenvalue weighted by atomic mass is 16.5. The number of nitrogens with zero attached hydrogens (tertiary/aromatic N) is 2. The quantitative estimate of drug-likeness (QED) is 0.878. The van der Waals surface area contributed by atoms with Gasteiger partial charge in [-0.1, -0.05) is 36.4 Å². The fourth-order valence-corrected chi connectivity index (χ4v) is 3.37. The van der Waals surface area contributed by atoms with Crippen molar-refractivity contribution in [1.82, 2.24) is 15.2 Å². The summed E-state index contributed by atoms with van der Waals surface area (Å²) >= 11 is 0. The van der Waals surface area contributed by atoms with Gasteiger partial charge in [0.25, 0.3) is 0 Å². The van der Waals surface area contributed by atoms with Crippen LogP contribution in [0.1, 0.15) is 24.0 Å². The number of ether oxygens (including phenoxy) is 1. The van der Waals surface area contributed by atoms with Gasteiger partial charge in [0, 0.05) is 32.2 Å². The number of benzene rings is 1. The lowest BCUT2D eigenvalue weighted by atomic mass is 9.82. The van der Waals surface area contributed by atoms with E-state index in [1.165, 1.54) is 0 Å². The third-order valence-electron chi connectivity index (χ3n) is 4.64. The maximum atomic E-state index is 12.7. The van der Waals surface area contributed by atoms with Crippen LogP contribution in [0.3, 0.4) is 0 Å². The summed E-state index contributed by atoms with van der Waals surface area (Å²) in [6.07, 6.45) is 5.19. The summed E-state index contributed by atoms with van der Waals surface area (Å²) in [6, 6.07) is 14.2. The molecule has 132 valence electrons. The highest BCUT2D eigenvalue weighted by molar-refractivity contribution is 5.79. The highest BCUT2D eigenvalue weighted by Gasteiger charge is 2.35. The Kier molecular flexibility index (Phi) is 5.79. The lowest BCUT2D eigenvalue weighted by molar-refractivity contribution is -0.125. The molecule has 1 fully saturated rings. The predicted molar refractivity (Wildman–Crippen MR) is 96.9 cm³/mol. The molecule has 25 heavy (non-hydrogen) atoms. The average Bonchev–Trinajstić information content (AvgIpc) is 2.64. The Morgan fingerprint density at radius 3 is 2.64 bits per heavy atom. The molecule has 0 atom stereocenters. The first-order chi connectivity index (χ1) is 12.2. The Morgan fingerprint density at radius 2 is 1.96 bits per heavy atom. The molecular weight excluding hydrogens is 314 g/mol. The van der Waals surface area contributed by atoms with E-state index >= 15 is 0 Å². The van der Waals surface area contributed by atoms with E-state index in [0.717, 1.165) is 24.0 Å². The van der Waals surface area contributed by atoms with E-state index < -0.39 is 0 Å². The van der Waals surface area contributed by atoms with Crippen LogP contribution in [0.5, 0.6) is 0 Å². The summed E-state index contributed by atoms with van der Waals surface area (Å²) in [6.45, 7) is 2.38. The van der Waals surface area contributed by atoms with Crippen molar-refractivity contribution >= 4 is 5.91 Å². The van der Waals surface area contributed by atoms with Crippen molar-refractivity contribution in [2.45, 2.75) is 24.9 Å². The first-order valence-electron chi connectivity index (χ1n) is 8.70. The van der Waals surface area contributed by atoms with Crippen molar-refractivity contribution in [1.29, 1.82) is 0 Å². The zero-order chi connectivity index (χ0) is 17.5. The van der Waals surface area contributed by atoms with Crippen molar-refractivity contribution in [3.63, 3.8) is 0 Å². The topological polar surface area (TPSA) is 54.5 Å². The molecule has 1 amide bonds. The van der Waals surface area contributed by atoms with Crippen molar-refractivity contribution in [2.75, 3.05) is 26.8 Å². The van der Waals surface area contributed by atoms with Crippen LogP contribution < -0.4 is 5.32 Å². The number of aromatic nitrogens is 1. The number of carbonyl (C=O) groups is 1. The maximum Gasteiger partial charge on any atom is 0.234 e. The molecule has 5 nitrogen and oxygen atoms in total. The van der Waals surface area contributed by atoms with E-state index in [9.17, 15) is 4.79 Å². The SMILES string of the molecule is CN(CC(=O)NC1(c2ccccc2)CCOCC1)Cc1cccnc1. The van der Waals surface area contributed by atoms with E-state index in [-0.39, 0.29) is 11.4 Å². The first-order valence-corrected chi connectivity index (χ1v) is 8.70. The molecule has 1 aromatic heterocycles. The first kappa shape index (κ1) is 17.6. The second kappa shape index (κ2) is 8.23. The number of amides is 1. The van der Waals surface area contributed by atoms with Gasteiger partial charge < -0.3 is 10.1 Å². The summed E-state index contributed by atoms with van der Waals surface area (Å²) in [5.74, 6) is 0.0390. The summed E-state index contributed by atoms with van der Waals surface area (Å²) in [5.41, 5.74) is 1.93. The van der Waals surface area contributed by atoms with Crippen LogP contribution >= 0.6 is 0 Å². The summed E-state index contributed by atoms with van der Waals surface area (Å²) in [4.78, 5) is 18.8. The van der Waals surface area contributed by atoms with Crippen LogP contribution in [0.2, 0.25) is 0 Å². The van der Waals surface area contributed by atoms with Crippen molar-refractivity contribution in [3.05, 3.63) is 66.0 Å². The van der Waals surface area contributed by atoms with Gasteiger partial charge in [0.15, 0.2) is 0 Å². The highest BCUT2D eigenvalue weighted by Crippen LogP contribution is 2.32. The lowest BCUT2D eigenvalue weighted by Crippen LogP contribution is -2.51. The number of hydrogen-bond donors (Lipinski definition) is 1.